The molecule has 8 heteroatoms. The highest BCUT2D eigenvalue weighted by molar-refractivity contribution is 5.84. The molecule has 1 aliphatic heterocycles. The molecule has 0 unspecified atom stereocenters. The topological polar surface area (TPSA) is 85.2 Å². The molecular formula is C16H22N6O2. The minimum absolute atomic E-state index is 0.496. The molecule has 0 atom stereocenters. The molecule has 2 aromatic rings. The summed E-state index contributed by atoms with van der Waals surface area (Å²) in [7, 11) is 0. The van der Waals surface area contributed by atoms with Crippen molar-refractivity contribution in [3.63, 3.8) is 0 Å². The Morgan fingerprint density at radius 2 is 1.96 bits per heavy atom. The number of hydrogen-bond donors (Lipinski definition) is 1. The van der Waals surface area contributed by atoms with Gasteiger partial charge >= 0.3 is 6.09 Å². The molecule has 0 spiro atoms. The van der Waals surface area contributed by atoms with Gasteiger partial charge in [-0.05, 0) is 27.2 Å². The fraction of sp³-hybridized carbons (Fsp3) is 0.500. The molecule has 1 fully saturated rings. The SMILES string of the molecule is CC(C)(C)OC(=O)Nc1cnn(Cc2cnc(N3CCC3)nc2)c1. The highest BCUT2D eigenvalue weighted by Crippen LogP contribution is 2.15. The van der Waals surface area contributed by atoms with E-state index < -0.39 is 11.7 Å². The Labute approximate surface area is 140 Å². The summed E-state index contributed by atoms with van der Waals surface area (Å²) in [6.45, 7) is 8.05. The van der Waals surface area contributed by atoms with E-state index in [0.717, 1.165) is 24.6 Å². The third-order valence-corrected chi connectivity index (χ3v) is 3.45. The van der Waals surface area contributed by atoms with Crippen LogP contribution in [0.5, 0.6) is 0 Å². The Balaban J connectivity index is 1.56. The average molecular weight is 330 g/mol. The molecule has 0 radical (unpaired) electrons. The maximum Gasteiger partial charge on any atom is 0.412 e. The molecule has 0 saturated carbocycles. The predicted octanol–water partition coefficient (Wildman–Crippen LogP) is 2.28. The summed E-state index contributed by atoms with van der Waals surface area (Å²) in [5.41, 5.74) is 1.00. The zero-order valence-electron chi connectivity index (χ0n) is 14.2. The van der Waals surface area contributed by atoms with E-state index in [2.05, 4.69) is 25.3 Å². The zero-order valence-corrected chi connectivity index (χ0v) is 14.2. The van der Waals surface area contributed by atoms with Crippen molar-refractivity contribution in [1.82, 2.24) is 19.7 Å². The number of carbonyl (C=O) groups excluding carboxylic acids is 1. The minimum atomic E-state index is -0.532. The molecule has 0 bridgehead atoms. The number of anilines is 2. The van der Waals surface area contributed by atoms with Crippen LogP contribution in [-0.2, 0) is 11.3 Å². The highest BCUT2D eigenvalue weighted by Gasteiger charge is 2.17. The molecule has 0 aromatic carbocycles. The second-order valence-electron chi connectivity index (χ2n) is 6.79. The molecule has 3 heterocycles. The van der Waals surface area contributed by atoms with Crippen LogP contribution in [0, 0.1) is 0 Å². The summed E-state index contributed by atoms with van der Waals surface area (Å²) in [6, 6.07) is 0. The van der Waals surface area contributed by atoms with Gasteiger partial charge in [-0.15, -0.1) is 0 Å². The van der Waals surface area contributed by atoms with Gasteiger partial charge in [0.2, 0.25) is 5.95 Å². The van der Waals surface area contributed by atoms with E-state index in [-0.39, 0.29) is 0 Å². The highest BCUT2D eigenvalue weighted by atomic mass is 16.6. The van der Waals surface area contributed by atoms with Crippen molar-refractivity contribution in [2.45, 2.75) is 39.3 Å². The van der Waals surface area contributed by atoms with Crippen molar-refractivity contribution in [2.24, 2.45) is 0 Å². The number of rotatable bonds is 4. The monoisotopic (exact) mass is 330 g/mol. The number of ether oxygens (including phenoxy) is 1. The number of nitrogens with zero attached hydrogens (tertiary/aromatic N) is 5. The van der Waals surface area contributed by atoms with E-state index in [9.17, 15) is 4.79 Å². The zero-order chi connectivity index (χ0) is 17.2. The van der Waals surface area contributed by atoms with Crippen molar-refractivity contribution in [3.05, 3.63) is 30.4 Å². The van der Waals surface area contributed by atoms with Crippen LogP contribution in [0.25, 0.3) is 0 Å². The van der Waals surface area contributed by atoms with Gasteiger partial charge in [0.25, 0.3) is 0 Å². The number of hydrogen-bond acceptors (Lipinski definition) is 6. The maximum absolute atomic E-state index is 11.7. The van der Waals surface area contributed by atoms with E-state index in [1.807, 2.05) is 33.2 Å². The summed E-state index contributed by atoms with van der Waals surface area (Å²) in [5.74, 6) is 0.776. The van der Waals surface area contributed by atoms with E-state index in [1.165, 1.54) is 6.42 Å². The lowest BCUT2D eigenvalue weighted by atomic mass is 10.2. The van der Waals surface area contributed by atoms with Gasteiger partial charge in [-0.1, -0.05) is 0 Å². The number of amides is 1. The van der Waals surface area contributed by atoms with Gasteiger partial charge in [-0.2, -0.15) is 5.10 Å². The van der Waals surface area contributed by atoms with E-state index in [1.54, 1.807) is 17.1 Å². The summed E-state index contributed by atoms with van der Waals surface area (Å²) >= 11 is 0. The van der Waals surface area contributed by atoms with Crippen LogP contribution >= 0.6 is 0 Å². The lowest BCUT2D eigenvalue weighted by Crippen LogP contribution is -2.38. The maximum atomic E-state index is 11.7. The van der Waals surface area contributed by atoms with Crippen molar-refractivity contribution >= 4 is 17.7 Å². The van der Waals surface area contributed by atoms with Crippen molar-refractivity contribution in [1.29, 1.82) is 0 Å². The molecule has 0 aliphatic carbocycles. The summed E-state index contributed by atoms with van der Waals surface area (Å²) in [4.78, 5) is 22.6. The molecule has 128 valence electrons. The summed E-state index contributed by atoms with van der Waals surface area (Å²) < 4.78 is 6.93. The fourth-order valence-electron chi connectivity index (χ4n) is 2.23. The molecule has 1 saturated heterocycles. The third kappa shape index (κ3) is 4.21. The van der Waals surface area contributed by atoms with Gasteiger partial charge in [-0.3, -0.25) is 10.00 Å². The summed E-state index contributed by atoms with van der Waals surface area (Å²) in [5, 5.41) is 6.89. The Morgan fingerprint density at radius 3 is 2.54 bits per heavy atom. The molecule has 24 heavy (non-hydrogen) atoms. The Morgan fingerprint density at radius 1 is 1.25 bits per heavy atom. The minimum Gasteiger partial charge on any atom is -0.444 e. The van der Waals surface area contributed by atoms with Crippen LogP contribution < -0.4 is 10.2 Å². The molecule has 3 rings (SSSR count). The van der Waals surface area contributed by atoms with E-state index in [4.69, 9.17) is 4.74 Å². The second kappa shape index (κ2) is 6.46. The standard InChI is InChI=1S/C16H22N6O2/c1-16(2,3)24-15(23)20-13-9-19-22(11-13)10-12-7-17-14(18-8-12)21-5-4-6-21/h7-9,11H,4-6,10H2,1-3H3,(H,20,23). The predicted molar refractivity (Wildman–Crippen MR) is 90.0 cm³/mol. The number of carbonyl (C=O) groups is 1. The number of aromatic nitrogens is 4. The smallest absolute Gasteiger partial charge is 0.412 e. The third-order valence-electron chi connectivity index (χ3n) is 3.45. The van der Waals surface area contributed by atoms with Crippen LogP contribution in [0.3, 0.4) is 0 Å². The molecule has 1 N–H and O–H groups in total. The van der Waals surface area contributed by atoms with Gasteiger partial charge in [0, 0.05) is 37.2 Å². The first kappa shape index (κ1) is 16.2. The van der Waals surface area contributed by atoms with Crippen LogP contribution in [0.1, 0.15) is 32.8 Å². The first-order valence-electron chi connectivity index (χ1n) is 7.97. The van der Waals surface area contributed by atoms with Gasteiger partial charge in [0.05, 0.1) is 18.4 Å². The second-order valence-corrected chi connectivity index (χ2v) is 6.79. The normalized spacial score (nSPS) is 14.2. The Hall–Kier alpha value is -2.64. The lowest BCUT2D eigenvalue weighted by Gasteiger charge is -2.30. The van der Waals surface area contributed by atoms with Crippen LogP contribution in [0.2, 0.25) is 0 Å². The van der Waals surface area contributed by atoms with Crippen molar-refractivity contribution in [2.75, 3.05) is 23.3 Å². The molecular weight excluding hydrogens is 308 g/mol. The van der Waals surface area contributed by atoms with E-state index >= 15 is 0 Å². The Bertz CT molecular complexity index is 700. The Kier molecular flexibility index (Phi) is 4.37. The van der Waals surface area contributed by atoms with Crippen molar-refractivity contribution < 1.29 is 9.53 Å². The van der Waals surface area contributed by atoms with Crippen molar-refractivity contribution in [3.8, 4) is 0 Å². The first-order valence-corrected chi connectivity index (χ1v) is 7.97. The molecule has 8 nitrogen and oxygen atoms in total. The van der Waals surface area contributed by atoms with Gasteiger partial charge in [0.15, 0.2) is 0 Å². The average Bonchev–Trinajstić information content (AvgIpc) is 2.84. The van der Waals surface area contributed by atoms with Gasteiger partial charge in [-0.25, -0.2) is 14.8 Å². The summed E-state index contributed by atoms with van der Waals surface area (Å²) in [6.07, 6.45) is 7.65. The molecule has 1 aliphatic rings. The van der Waals surface area contributed by atoms with E-state index in [0.29, 0.717) is 12.2 Å². The largest absolute Gasteiger partial charge is 0.444 e. The van der Waals surface area contributed by atoms with Crippen LogP contribution in [0.15, 0.2) is 24.8 Å². The van der Waals surface area contributed by atoms with Gasteiger partial charge < -0.3 is 9.64 Å². The van der Waals surface area contributed by atoms with Gasteiger partial charge in [0.1, 0.15) is 5.60 Å². The van der Waals surface area contributed by atoms with Crippen LogP contribution in [0.4, 0.5) is 16.4 Å². The first-order chi connectivity index (χ1) is 11.4. The fourth-order valence-corrected chi connectivity index (χ4v) is 2.23. The molecule has 1 amide bonds. The van der Waals surface area contributed by atoms with Crippen LogP contribution in [-0.4, -0.2) is 44.5 Å². The quantitative estimate of drug-likeness (QED) is 0.926. The lowest BCUT2D eigenvalue weighted by molar-refractivity contribution is 0.0636. The number of nitrogens with one attached hydrogen (secondary N) is 1. The molecule has 2 aromatic heterocycles.